The Kier molecular flexibility index (Phi) is 4.50. The number of rotatable bonds is 5. The first-order valence-corrected chi connectivity index (χ1v) is 10.0. The van der Waals surface area contributed by atoms with Crippen molar-refractivity contribution < 1.29 is 18.7 Å². The van der Waals surface area contributed by atoms with Crippen molar-refractivity contribution in [3.05, 3.63) is 51.6 Å². The van der Waals surface area contributed by atoms with Crippen LogP contribution in [0.4, 0.5) is 14.5 Å². The van der Waals surface area contributed by atoms with Gasteiger partial charge in [0.2, 0.25) is 5.43 Å². The van der Waals surface area contributed by atoms with Gasteiger partial charge in [-0.3, -0.25) is 4.79 Å². The van der Waals surface area contributed by atoms with Crippen LogP contribution in [0.3, 0.4) is 0 Å². The highest BCUT2D eigenvalue weighted by atomic mass is 19.1. The van der Waals surface area contributed by atoms with Crippen molar-refractivity contribution in [2.24, 2.45) is 5.73 Å². The van der Waals surface area contributed by atoms with Crippen LogP contribution in [0.15, 0.2) is 23.3 Å². The number of anilines is 1. The monoisotopic (exact) mass is 430 g/mol. The molecule has 0 bridgehead atoms. The van der Waals surface area contributed by atoms with Crippen LogP contribution in [0.25, 0.3) is 10.9 Å². The van der Waals surface area contributed by atoms with Gasteiger partial charge in [0.1, 0.15) is 17.1 Å². The number of fused-ring (bicyclic) bond motifs is 1. The molecule has 1 saturated heterocycles. The molecule has 9 nitrogen and oxygen atoms in total. The Bertz CT molecular complexity index is 1270. The molecule has 3 aromatic rings. The molecule has 1 aliphatic carbocycles. The summed E-state index contributed by atoms with van der Waals surface area (Å²) in [6, 6.07) is 0.702. The Morgan fingerprint density at radius 1 is 1.26 bits per heavy atom. The van der Waals surface area contributed by atoms with Crippen LogP contribution in [0.5, 0.6) is 0 Å². The highest BCUT2D eigenvalue weighted by molar-refractivity contribution is 5.94. The largest absolute Gasteiger partial charge is 0.477 e. The van der Waals surface area contributed by atoms with Gasteiger partial charge in [-0.2, -0.15) is 0 Å². The number of nitrogens with zero attached hydrogens (tertiary/aromatic N) is 5. The zero-order valence-corrected chi connectivity index (χ0v) is 16.5. The summed E-state index contributed by atoms with van der Waals surface area (Å²) in [7, 11) is 0. The standard InChI is InChI=1S/C20H20F2N6O3/c21-15-5-13-17(27(10-1-2-10)9-14(19(13)29)20(30)31)16(22)18(15)26-4-3-11(8-26)28-12(6-23)7-24-25-28/h5,7,9-11H,1-4,6,8,23H2,(H,30,31). The Labute approximate surface area is 174 Å². The molecule has 1 aliphatic heterocycles. The van der Waals surface area contributed by atoms with E-state index in [1.165, 1.54) is 10.8 Å². The highest BCUT2D eigenvalue weighted by Gasteiger charge is 2.34. The summed E-state index contributed by atoms with van der Waals surface area (Å²) >= 11 is 0. The minimum Gasteiger partial charge on any atom is -0.477 e. The van der Waals surface area contributed by atoms with Gasteiger partial charge in [0.25, 0.3) is 0 Å². The number of halogens is 2. The molecule has 2 aromatic heterocycles. The van der Waals surface area contributed by atoms with E-state index in [0.29, 0.717) is 19.5 Å². The Hall–Kier alpha value is -3.34. The summed E-state index contributed by atoms with van der Waals surface area (Å²) in [6.07, 6.45) is 4.81. The number of benzene rings is 1. The number of hydrogen-bond acceptors (Lipinski definition) is 6. The van der Waals surface area contributed by atoms with Gasteiger partial charge in [-0.05, 0) is 25.3 Å². The summed E-state index contributed by atoms with van der Waals surface area (Å²) in [5.74, 6) is -3.17. The van der Waals surface area contributed by atoms with E-state index in [9.17, 15) is 14.7 Å². The van der Waals surface area contributed by atoms with E-state index in [1.807, 2.05) is 0 Å². The molecule has 3 N–H and O–H groups in total. The molecule has 5 rings (SSSR count). The van der Waals surface area contributed by atoms with E-state index >= 15 is 8.78 Å². The summed E-state index contributed by atoms with van der Waals surface area (Å²) in [5.41, 5.74) is 4.78. The first-order valence-electron chi connectivity index (χ1n) is 10.0. The van der Waals surface area contributed by atoms with Crippen molar-refractivity contribution in [3.8, 4) is 0 Å². The molecular weight excluding hydrogens is 410 g/mol. The summed E-state index contributed by atoms with van der Waals surface area (Å²) in [5, 5.41) is 17.0. The van der Waals surface area contributed by atoms with E-state index in [4.69, 9.17) is 5.73 Å². The lowest BCUT2D eigenvalue weighted by molar-refractivity contribution is 0.0694. The SMILES string of the molecule is NCc1cnnn1C1CCN(c2c(F)cc3c(=O)c(C(=O)O)cn(C4CC4)c3c2F)C1. The van der Waals surface area contributed by atoms with Crippen LogP contribution in [0.1, 0.15) is 47.4 Å². The van der Waals surface area contributed by atoms with Crippen LogP contribution in [-0.4, -0.2) is 43.7 Å². The van der Waals surface area contributed by atoms with Gasteiger partial charge in [0.05, 0.1) is 28.8 Å². The molecule has 1 atom stereocenters. The van der Waals surface area contributed by atoms with Crippen LogP contribution < -0.4 is 16.1 Å². The second kappa shape index (κ2) is 7.12. The van der Waals surface area contributed by atoms with Crippen molar-refractivity contribution in [2.75, 3.05) is 18.0 Å². The molecule has 162 valence electrons. The Balaban J connectivity index is 1.62. The summed E-state index contributed by atoms with van der Waals surface area (Å²) in [6.45, 7) is 0.938. The third kappa shape index (κ3) is 3.07. The number of pyridine rings is 1. The maximum atomic E-state index is 15.7. The van der Waals surface area contributed by atoms with Gasteiger partial charge < -0.3 is 20.3 Å². The zero-order valence-electron chi connectivity index (χ0n) is 16.5. The lowest BCUT2D eigenvalue weighted by atomic mass is 10.1. The first kappa shape index (κ1) is 19.6. The Morgan fingerprint density at radius 2 is 2.03 bits per heavy atom. The average Bonchev–Trinajstić information content (AvgIpc) is 3.27. The number of carbonyl (C=O) groups is 1. The fraction of sp³-hybridized carbons (Fsp3) is 0.400. The number of nitrogens with two attached hydrogens (primary N) is 1. The van der Waals surface area contributed by atoms with Crippen molar-refractivity contribution >= 4 is 22.6 Å². The van der Waals surface area contributed by atoms with Gasteiger partial charge in [0.15, 0.2) is 5.82 Å². The second-order valence-electron chi connectivity index (χ2n) is 8.00. The molecule has 3 heterocycles. The molecular formula is C20H20F2N6O3. The maximum Gasteiger partial charge on any atom is 0.341 e. The smallest absolute Gasteiger partial charge is 0.341 e. The first-order chi connectivity index (χ1) is 14.9. The van der Waals surface area contributed by atoms with Gasteiger partial charge in [-0.1, -0.05) is 5.21 Å². The maximum absolute atomic E-state index is 15.7. The third-order valence-corrected chi connectivity index (χ3v) is 6.04. The topological polar surface area (TPSA) is 119 Å². The van der Waals surface area contributed by atoms with Crippen molar-refractivity contribution in [3.63, 3.8) is 0 Å². The number of aromatic carboxylic acids is 1. The molecule has 0 radical (unpaired) electrons. The number of hydrogen-bond donors (Lipinski definition) is 2. The predicted molar refractivity (Wildman–Crippen MR) is 107 cm³/mol. The number of aromatic nitrogens is 4. The van der Waals surface area contributed by atoms with Crippen molar-refractivity contribution in [1.82, 2.24) is 19.6 Å². The minimum atomic E-state index is -1.42. The normalized spacial score (nSPS) is 18.8. The fourth-order valence-electron chi connectivity index (χ4n) is 4.38. The van der Waals surface area contributed by atoms with Gasteiger partial charge in [-0.25, -0.2) is 18.3 Å². The molecule has 0 spiro atoms. The average molecular weight is 430 g/mol. The quantitative estimate of drug-likeness (QED) is 0.634. The van der Waals surface area contributed by atoms with Crippen LogP contribution in [-0.2, 0) is 6.54 Å². The van der Waals surface area contributed by atoms with E-state index in [0.717, 1.165) is 24.6 Å². The van der Waals surface area contributed by atoms with E-state index in [2.05, 4.69) is 10.3 Å². The fourth-order valence-corrected chi connectivity index (χ4v) is 4.38. The molecule has 2 aliphatic rings. The number of carboxylic acids is 1. The zero-order chi connectivity index (χ0) is 21.9. The predicted octanol–water partition coefficient (Wildman–Crippen LogP) is 1.81. The second-order valence-corrected chi connectivity index (χ2v) is 8.00. The molecule has 1 unspecified atom stereocenters. The molecule has 1 saturated carbocycles. The van der Waals surface area contributed by atoms with Gasteiger partial charge in [-0.15, -0.1) is 5.10 Å². The summed E-state index contributed by atoms with van der Waals surface area (Å²) < 4.78 is 33.9. The summed E-state index contributed by atoms with van der Waals surface area (Å²) in [4.78, 5) is 25.7. The lowest BCUT2D eigenvalue weighted by Gasteiger charge is -2.22. The van der Waals surface area contributed by atoms with E-state index < -0.39 is 28.6 Å². The van der Waals surface area contributed by atoms with E-state index in [1.54, 1.807) is 15.8 Å². The third-order valence-electron chi connectivity index (χ3n) is 6.04. The number of carboxylic acid groups (broad SMARTS) is 1. The molecule has 11 heteroatoms. The van der Waals surface area contributed by atoms with E-state index in [-0.39, 0.29) is 35.2 Å². The van der Waals surface area contributed by atoms with Crippen molar-refractivity contribution in [1.29, 1.82) is 0 Å². The highest BCUT2D eigenvalue weighted by Crippen LogP contribution is 2.40. The lowest BCUT2D eigenvalue weighted by Crippen LogP contribution is -2.26. The van der Waals surface area contributed by atoms with Gasteiger partial charge in [0, 0.05) is 31.9 Å². The minimum absolute atomic E-state index is 0.0549. The molecule has 31 heavy (non-hydrogen) atoms. The molecule has 0 amide bonds. The molecule has 1 aromatic carbocycles. The van der Waals surface area contributed by atoms with Gasteiger partial charge >= 0.3 is 5.97 Å². The molecule has 2 fully saturated rings. The van der Waals surface area contributed by atoms with Crippen molar-refractivity contribution in [2.45, 2.75) is 37.9 Å². The van der Waals surface area contributed by atoms with Crippen LogP contribution in [0, 0.1) is 11.6 Å². The van der Waals surface area contributed by atoms with Crippen LogP contribution >= 0.6 is 0 Å². The Morgan fingerprint density at radius 3 is 2.71 bits per heavy atom. The van der Waals surface area contributed by atoms with Crippen LogP contribution in [0.2, 0.25) is 0 Å².